The summed E-state index contributed by atoms with van der Waals surface area (Å²) in [7, 11) is 0. The average molecular weight is 331 g/mol. The molecule has 6 nitrogen and oxygen atoms in total. The summed E-state index contributed by atoms with van der Waals surface area (Å²) >= 11 is 0. The molecule has 0 aliphatic heterocycles. The molecule has 0 radical (unpaired) electrons. The van der Waals surface area contributed by atoms with E-state index in [0.29, 0.717) is 6.54 Å². The van der Waals surface area contributed by atoms with Gasteiger partial charge in [0.25, 0.3) is 0 Å². The van der Waals surface area contributed by atoms with Gasteiger partial charge in [0.2, 0.25) is 0 Å². The number of carboxylic acid groups (broad SMARTS) is 1. The molecular weight excluding hydrogens is 292 g/mol. The third-order valence-electron chi connectivity index (χ3n) is 3.65. The van der Waals surface area contributed by atoms with Crippen LogP contribution >= 0.6 is 0 Å². The minimum Gasteiger partial charge on any atom is -0.465 e. The molecule has 0 fully saturated rings. The van der Waals surface area contributed by atoms with Crippen molar-refractivity contribution in [2.75, 3.05) is 45.8 Å². The van der Waals surface area contributed by atoms with Crippen molar-refractivity contribution in [1.82, 2.24) is 21.3 Å². The van der Waals surface area contributed by atoms with Gasteiger partial charge in [0, 0.05) is 6.54 Å². The summed E-state index contributed by atoms with van der Waals surface area (Å²) in [5.41, 5.74) is 0. The SMILES string of the molecule is CCCNCCCCNCCCNCCCCCCNC(=O)O. The molecule has 0 saturated heterocycles. The summed E-state index contributed by atoms with van der Waals surface area (Å²) in [6, 6.07) is 0. The second-order valence-corrected chi connectivity index (χ2v) is 5.96. The number of rotatable bonds is 18. The Morgan fingerprint density at radius 3 is 1.61 bits per heavy atom. The van der Waals surface area contributed by atoms with E-state index >= 15 is 0 Å². The Hall–Kier alpha value is -0.850. The van der Waals surface area contributed by atoms with Gasteiger partial charge >= 0.3 is 6.09 Å². The minimum atomic E-state index is -0.923. The molecule has 138 valence electrons. The van der Waals surface area contributed by atoms with Crippen molar-refractivity contribution >= 4 is 6.09 Å². The highest BCUT2D eigenvalue weighted by Gasteiger charge is 1.94. The van der Waals surface area contributed by atoms with E-state index in [4.69, 9.17) is 5.11 Å². The summed E-state index contributed by atoms with van der Waals surface area (Å²) in [5.74, 6) is 0. The third kappa shape index (κ3) is 21.1. The molecule has 6 heteroatoms. The maximum atomic E-state index is 10.2. The van der Waals surface area contributed by atoms with Crippen molar-refractivity contribution in [3.8, 4) is 0 Å². The number of unbranched alkanes of at least 4 members (excludes halogenated alkanes) is 4. The van der Waals surface area contributed by atoms with Gasteiger partial charge in [-0.2, -0.15) is 0 Å². The zero-order valence-corrected chi connectivity index (χ0v) is 15.0. The maximum Gasteiger partial charge on any atom is 0.404 e. The molecule has 0 atom stereocenters. The normalized spacial score (nSPS) is 10.8. The van der Waals surface area contributed by atoms with Gasteiger partial charge in [0.05, 0.1) is 0 Å². The van der Waals surface area contributed by atoms with Crippen LogP contribution < -0.4 is 21.3 Å². The topological polar surface area (TPSA) is 85.4 Å². The van der Waals surface area contributed by atoms with Crippen LogP contribution in [-0.2, 0) is 0 Å². The first-order chi connectivity index (χ1) is 11.3. The van der Waals surface area contributed by atoms with Crippen LogP contribution in [0.3, 0.4) is 0 Å². The lowest BCUT2D eigenvalue weighted by atomic mass is 10.2. The monoisotopic (exact) mass is 330 g/mol. The van der Waals surface area contributed by atoms with Crippen LogP contribution in [0.4, 0.5) is 4.79 Å². The molecule has 0 spiro atoms. The van der Waals surface area contributed by atoms with Crippen molar-refractivity contribution in [2.45, 2.75) is 58.3 Å². The van der Waals surface area contributed by atoms with E-state index in [1.165, 1.54) is 38.5 Å². The van der Waals surface area contributed by atoms with Crippen LogP contribution in [0.5, 0.6) is 0 Å². The van der Waals surface area contributed by atoms with E-state index in [2.05, 4.69) is 28.2 Å². The lowest BCUT2D eigenvalue weighted by Crippen LogP contribution is -2.24. The summed E-state index contributed by atoms with van der Waals surface area (Å²) in [6.07, 6.45) is 8.34. The second-order valence-electron chi connectivity index (χ2n) is 5.96. The van der Waals surface area contributed by atoms with E-state index in [1.54, 1.807) is 0 Å². The summed E-state index contributed by atoms with van der Waals surface area (Å²) in [5, 5.41) is 21.2. The van der Waals surface area contributed by atoms with Crippen LogP contribution in [-0.4, -0.2) is 57.0 Å². The van der Waals surface area contributed by atoms with Crippen LogP contribution in [0.25, 0.3) is 0 Å². The Bertz CT molecular complexity index is 253. The smallest absolute Gasteiger partial charge is 0.404 e. The molecule has 0 saturated carbocycles. The highest BCUT2D eigenvalue weighted by atomic mass is 16.4. The average Bonchev–Trinajstić information content (AvgIpc) is 2.53. The Balaban J connectivity index is 2.96. The van der Waals surface area contributed by atoms with E-state index < -0.39 is 6.09 Å². The minimum absolute atomic E-state index is 0.573. The van der Waals surface area contributed by atoms with Gasteiger partial charge < -0.3 is 26.4 Å². The molecule has 0 aromatic rings. The number of nitrogens with one attached hydrogen (secondary N) is 4. The zero-order chi connectivity index (χ0) is 17.0. The van der Waals surface area contributed by atoms with Crippen molar-refractivity contribution in [3.05, 3.63) is 0 Å². The van der Waals surface area contributed by atoms with Gasteiger partial charge in [-0.1, -0.05) is 19.8 Å². The van der Waals surface area contributed by atoms with Crippen molar-refractivity contribution in [1.29, 1.82) is 0 Å². The summed E-state index contributed by atoms with van der Waals surface area (Å²) < 4.78 is 0. The van der Waals surface area contributed by atoms with Crippen LogP contribution in [0.2, 0.25) is 0 Å². The van der Waals surface area contributed by atoms with Gasteiger partial charge in [-0.05, 0) is 77.8 Å². The van der Waals surface area contributed by atoms with E-state index in [-0.39, 0.29) is 0 Å². The molecule has 0 unspecified atom stereocenters. The van der Waals surface area contributed by atoms with Crippen molar-refractivity contribution < 1.29 is 9.90 Å². The van der Waals surface area contributed by atoms with Crippen LogP contribution in [0, 0.1) is 0 Å². The van der Waals surface area contributed by atoms with E-state index in [9.17, 15) is 4.79 Å². The van der Waals surface area contributed by atoms with Gasteiger partial charge in [0.1, 0.15) is 0 Å². The Morgan fingerprint density at radius 1 is 0.652 bits per heavy atom. The van der Waals surface area contributed by atoms with E-state index in [1.807, 2.05) is 0 Å². The fourth-order valence-corrected chi connectivity index (χ4v) is 2.31. The van der Waals surface area contributed by atoms with Gasteiger partial charge in [-0.25, -0.2) is 4.79 Å². The summed E-state index contributed by atoms with van der Waals surface area (Å²) in [6.45, 7) is 9.41. The van der Waals surface area contributed by atoms with Gasteiger partial charge in [0.15, 0.2) is 0 Å². The zero-order valence-electron chi connectivity index (χ0n) is 15.0. The standard InChI is InChI=1S/C17H38N4O2/c1-2-10-18-12-7-8-13-20-15-9-14-19-11-5-3-4-6-16-21-17(22)23/h18-21H,2-16H2,1H3,(H,22,23). The quantitative estimate of drug-likeness (QED) is 0.249. The molecule has 0 rings (SSSR count). The second kappa shape index (κ2) is 19.2. The Kier molecular flexibility index (Phi) is 18.5. The molecule has 0 heterocycles. The fourth-order valence-electron chi connectivity index (χ4n) is 2.31. The highest BCUT2D eigenvalue weighted by molar-refractivity contribution is 5.64. The largest absolute Gasteiger partial charge is 0.465 e. The molecule has 5 N–H and O–H groups in total. The first kappa shape index (κ1) is 22.1. The first-order valence-corrected chi connectivity index (χ1v) is 9.36. The predicted octanol–water partition coefficient (Wildman–Crippen LogP) is 2.16. The number of amides is 1. The molecule has 0 aliphatic rings. The molecular formula is C17H38N4O2. The van der Waals surface area contributed by atoms with E-state index in [0.717, 1.165) is 52.1 Å². The number of carbonyl (C=O) groups is 1. The van der Waals surface area contributed by atoms with Crippen LogP contribution in [0.1, 0.15) is 58.3 Å². The third-order valence-corrected chi connectivity index (χ3v) is 3.65. The number of hydrogen-bond acceptors (Lipinski definition) is 4. The lowest BCUT2D eigenvalue weighted by molar-refractivity contribution is 0.194. The van der Waals surface area contributed by atoms with Gasteiger partial charge in [-0.3, -0.25) is 0 Å². The van der Waals surface area contributed by atoms with Crippen molar-refractivity contribution in [2.24, 2.45) is 0 Å². The summed E-state index contributed by atoms with van der Waals surface area (Å²) in [4.78, 5) is 10.2. The first-order valence-electron chi connectivity index (χ1n) is 9.36. The molecule has 0 bridgehead atoms. The molecule has 1 amide bonds. The van der Waals surface area contributed by atoms with Crippen LogP contribution in [0.15, 0.2) is 0 Å². The molecule has 0 aromatic carbocycles. The molecule has 0 aliphatic carbocycles. The maximum absolute atomic E-state index is 10.2. The Labute approximate surface area is 142 Å². The highest BCUT2D eigenvalue weighted by Crippen LogP contribution is 1.97. The Morgan fingerprint density at radius 2 is 1.09 bits per heavy atom. The lowest BCUT2D eigenvalue weighted by Gasteiger charge is -2.07. The van der Waals surface area contributed by atoms with Gasteiger partial charge in [-0.15, -0.1) is 0 Å². The molecule has 23 heavy (non-hydrogen) atoms. The molecule has 0 aromatic heterocycles. The number of hydrogen-bond donors (Lipinski definition) is 5. The predicted molar refractivity (Wildman–Crippen MR) is 97.2 cm³/mol. The fraction of sp³-hybridized carbons (Fsp3) is 0.941. The van der Waals surface area contributed by atoms with Crippen molar-refractivity contribution in [3.63, 3.8) is 0 Å².